The van der Waals surface area contributed by atoms with E-state index >= 15 is 0 Å². The number of carbonyl (C=O) groups excluding carboxylic acids is 2. The summed E-state index contributed by atoms with van der Waals surface area (Å²) in [5, 5.41) is 9.64. The van der Waals surface area contributed by atoms with Crippen LogP contribution in [0, 0.1) is 0 Å². The van der Waals surface area contributed by atoms with E-state index in [-0.39, 0.29) is 11.8 Å². The molecule has 7 nitrogen and oxygen atoms in total. The summed E-state index contributed by atoms with van der Waals surface area (Å²) in [6.07, 6.45) is 1.57. The van der Waals surface area contributed by atoms with Gasteiger partial charge in [0.25, 0.3) is 11.8 Å². The first-order valence-corrected chi connectivity index (χ1v) is 9.28. The van der Waals surface area contributed by atoms with E-state index in [2.05, 4.69) is 20.2 Å². The van der Waals surface area contributed by atoms with Crippen molar-refractivity contribution in [3.8, 4) is 11.5 Å². The number of nitrogens with zero attached hydrogens (tertiary/aromatic N) is 2. The zero-order valence-electron chi connectivity index (χ0n) is 14.5. The van der Waals surface area contributed by atoms with Gasteiger partial charge in [-0.1, -0.05) is 30.0 Å². The van der Waals surface area contributed by atoms with Gasteiger partial charge in [0.05, 0.1) is 16.9 Å². The first-order valence-electron chi connectivity index (χ1n) is 8.50. The molecule has 27 heavy (non-hydrogen) atoms. The Morgan fingerprint density at radius 3 is 2.93 bits per heavy atom. The standard InChI is InChI=1S/C19H16N4O3S/c1-2-5-14-17(27-23-22-14)19(25)20-11-8-9-15-12(10-11)18(24)21-13-6-3-4-7-16(13)26-15/h3-4,6-10H,2,5H2,1H3,(H,20,25)(H,21,24). The van der Waals surface area contributed by atoms with E-state index in [1.165, 1.54) is 0 Å². The third-order valence-electron chi connectivity index (χ3n) is 4.09. The number of benzene rings is 2. The van der Waals surface area contributed by atoms with E-state index in [9.17, 15) is 9.59 Å². The van der Waals surface area contributed by atoms with E-state index in [1.807, 2.05) is 19.1 Å². The molecule has 4 rings (SSSR count). The normalized spacial score (nSPS) is 12.3. The molecule has 0 fully saturated rings. The van der Waals surface area contributed by atoms with Crippen molar-refractivity contribution in [3.63, 3.8) is 0 Å². The molecular weight excluding hydrogens is 364 g/mol. The number of hydrogen-bond acceptors (Lipinski definition) is 6. The van der Waals surface area contributed by atoms with Crippen LogP contribution >= 0.6 is 11.5 Å². The van der Waals surface area contributed by atoms with Crippen molar-refractivity contribution in [2.45, 2.75) is 19.8 Å². The molecule has 2 aromatic carbocycles. The number of carbonyl (C=O) groups is 2. The van der Waals surface area contributed by atoms with Gasteiger partial charge < -0.3 is 15.4 Å². The summed E-state index contributed by atoms with van der Waals surface area (Å²) >= 11 is 1.06. The van der Waals surface area contributed by atoms with Crippen LogP contribution in [0.5, 0.6) is 11.5 Å². The van der Waals surface area contributed by atoms with Crippen molar-refractivity contribution >= 4 is 34.7 Å². The molecular formula is C19H16N4O3S. The Hall–Kier alpha value is -3.26. The van der Waals surface area contributed by atoms with Crippen LogP contribution in [0.15, 0.2) is 42.5 Å². The van der Waals surface area contributed by atoms with Crippen molar-refractivity contribution in [3.05, 3.63) is 58.6 Å². The lowest BCUT2D eigenvalue weighted by molar-refractivity contribution is 0.101. The summed E-state index contributed by atoms with van der Waals surface area (Å²) in [5.41, 5.74) is 2.13. The average molecular weight is 380 g/mol. The molecule has 3 aromatic rings. The fraction of sp³-hybridized carbons (Fsp3) is 0.158. The largest absolute Gasteiger partial charge is 0.454 e. The molecule has 0 unspecified atom stereocenters. The molecule has 136 valence electrons. The van der Waals surface area contributed by atoms with E-state index in [0.717, 1.165) is 18.0 Å². The topological polar surface area (TPSA) is 93.2 Å². The number of aromatic nitrogens is 2. The highest BCUT2D eigenvalue weighted by Crippen LogP contribution is 2.36. The summed E-state index contributed by atoms with van der Waals surface area (Å²) in [5.74, 6) is 0.423. The molecule has 0 atom stereocenters. The van der Waals surface area contributed by atoms with Gasteiger partial charge in [0.2, 0.25) is 0 Å². The smallest absolute Gasteiger partial charge is 0.269 e. The Bertz CT molecular complexity index is 1030. The first-order chi connectivity index (χ1) is 13.2. The Balaban J connectivity index is 1.60. The van der Waals surface area contributed by atoms with Gasteiger partial charge in [0, 0.05) is 5.69 Å². The Morgan fingerprint density at radius 1 is 1.22 bits per heavy atom. The number of fused-ring (bicyclic) bond motifs is 2. The molecule has 0 saturated carbocycles. The van der Waals surface area contributed by atoms with Crippen molar-refractivity contribution in [2.24, 2.45) is 0 Å². The molecule has 0 radical (unpaired) electrons. The van der Waals surface area contributed by atoms with Crippen LogP contribution in [0.4, 0.5) is 11.4 Å². The molecule has 1 aliphatic rings. The zero-order valence-corrected chi connectivity index (χ0v) is 15.3. The van der Waals surface area contributed by atoms with Crippen molar-refractivity contribution in [1.29, 1.82) is 0 Å². The molecule has 8 heteroatoms. The van der Waals surface area contributed by atoms with Gasteiger partial charge in [0.1, 0.15) is 10.6 Å². The predicted molar refractivity (Wildman–Crippen MR) is 103 cm³/mol. The Morgan fingerprint density at radius 2 is 2.07 bits per heavy atom. The van der Waals surface area contributed by atoms with Crippen molar-refractivity contribution < 1.29 is 14.3 Å². The van der Waals surface area contributed by atoms with Crippen molar-refractivity contribution in [1.82, 2.24) is 9.59 Å². The lowest BCUT2D eigenvalue weighted by Gasteiger charge is -2.09. The van der Waals surface area contributed by atoms with E-state index < -0.39 is 0 Å². The number of hydrogen-bond donors (Lipinski definition) is 2. The fourth-order valence-corrected chi connectivity index (χ4v) is 3.41. The summed E-state index contributed by atoms with van der Waals surface area (Å²) < 4.78 is 9.71. The van der Waals surface area contributed by atoms with Crippen molar-refractivity contribution in [2.75, 3.05) is 10.6 Å². The number of ether oxygens (including phenoxy) is 1. The van der Waals surface area contributed by atoms with Crippen LogP contribution in [0.25, 0.3) is 0 Å². The number of para-hydroxylation sites is 2. The lowest BCUT2D eigenvalue weighted by Crippen LogP contribution is -2.14. The second kappa shape index (κ2) is 7.16. The van der Waals surface area contributed by atoms with Crippen LogP contribution in [0.2, 0.25) is 0 Å². The minimum Gasteiger partial charge on any atom is -0.454 e. The van der Waals surface area contributed by atoms with Gasteiger partial charge in [-0.05, 0) is 48.3 Å². The monoisotopic (exact) mass is 380 g/mol. The minimum absolute atomic E-state index is 0.286. The average Bonchev–Trinajstić information content (AvgIpc) is 3.07. The van der Waals surface area contributed by atoms with Crippen LogP contribution in [0.1, 0.15) is 39.1 Å². The third kappa shape index (κ3) is 3.39. The van der Waals surface area contributed by atoms with E-state index in [1.54, 1.807) is 30.3 Å². The second-order valence-electron chi connectivity index (χ2n) is 6.02. The van der Waals surface area contributed by atoms with Gasteiger partial charge in [-0.2, -0.15) is 0 Å². The molecule has 0 bridgehead atoms. The highest BCUT2D eigenvalue weighted by atomic mass is 32.1. The third-order valence-corrected chi connectivity index (χ3v) is 4.85. The number of aryl methyl sites for hydroxylation is 1. The van der Waals surface area contributed by atoms with Gasteiger partial charge in [-0.25, -0.2) is 0 Å². The number of nitrogens with one attached hydrogen (secondary N) is 2. The molecule has 2 amide bonds. The van der Waals surface area contributed by atoms with Crippen LogP contribution in [0.3, 0.4) is 0 Å². The highest BCUT2D eigenvalue weighted by Gasteiger charge is 2.22. The number of rotatable bonds is 4. The fourth-order valence-electron chi connectivity index (χ4n) is 2.81. The van der Waals surface area contributed by atoms with Crippen LogP contribution in [-0.2, 0) is 6.42 Å². The summed E-state index contributed by atoms with van der Waals surface area (Å²) in [6.45, 7) is 2.02. The van der Waals surface area contributed by atoms with Gasteiger partial charge >= 0.3 is 0 Å². The van der Waals surface area contributed by atoms with Gasteiger partial charge in [-0.15, -0.1) is 5.10 Å². The molecule has 1 aromatic heterocycles. The Kier molecular flexibility index (Phi) is 4.55. The molecule has 0 aliphatic carbocycles. The molecule has 0 saturated heterocycles. The van der Waals surface area contributed by atoms with Gasteiger partial charge in [-0.3, -0.25) is 9.59 Å². The SMILES string of the molecule is CCCc1nnsc1C(=O)Nc1ccc2c(c1)C(=O)Nc1ccccc1O2. The van der Waals surface area contributed by atoms with Crippen LogP contribution < -0.4 is 15.4 Å². The van der Waals surface area contributed by atoms with Crippen LogP contribution in [-0.4, -0.2) is 21.4 Å². The quantitative estimate of drug-likeness (QED) is 0.711. The molecule has 2 heterocycles. The Labute approximate surface area is 159 Å². The maximum absolute atomic E-state index is 12.6. The summed E-state index contributed by atoms with van der Waals surface area (Å²) in [6, 6.07) is 12.2. The maximum atomic E-state index is 12.6. The first kappa shape index (κ1) is 17.2. The second-order valence-corrected chi connectivity index (χ2v) is 6.77. The number of anilines is 2. The summed E-state index contributed by atoms with van der Waals surface area (Å²) in [4.78, 5) is 25.6. The molecule has 1 aliphatic heterocycles. The number of amides is 2. The van der Waals surface area contributed by atoms with Gasteiger partial charge in [0.15, 0.2) is 5.75 Å². The molecule has 2 N–H and O–H groups in total. The zero-order chi connectivity index (χ0) is 18.8. The summed E-state index contributed by atoms with van der Waals surface area (Å²) in [7, 11) is 0. The minimum atomic E-state index is -0.294. The lowest BCUT2D eigenvalue weighted by atomic mass is 10.1. The van der Waals surface area contributed by atoms with E-state index in [4.69, 9.17) is 4.74 Å². The highest BCUT2D eigenvalue weighted by molar-refractivity contribution is 7.08. The molecule has 0 spiro atoms. The maximum Gasteiger partial charge on any atom is 0.269 e. The van der Waals surface area contributed by atoms with E-state index in [0.29, 0.717) is 45.4 Å². The predicted octanol–water partition coefficient (Wildman–Crippen LogP) is 4.10.